The Morgan fingerprint density at radius 1 is 1.11 bits per heavy atom. The lowest BCUT2D eigenvalue weighted by Gasteiger charge is -2.25. The molecule has 0 spiro atoms. The van der Waals surface area contributed by atoms with Gasteiger partial charge in [-0.3, -0.25) is 0 Å². The van der Waals surface area contributed by atoms with Crippen LogP contribution in [-0.2, 0) is 0 Å². The maximum atomic E-state index is 13.6. The summed E-state index contributed by atoms with van der Waals surface area (Å²) in [5.74, 6) is -2.53. The van der Waals surface area contributed by atoms with E-state index in [4.69, 9.17) is 11.6 Å². The van der Waals surface area contributed by atoms with Crippen LogP contribution in [0.3, 0.4) is 0 Å². The number of benzene rings is 1. The molecule has 0 aliphatic heterocycles. The molecule has 4 heteroatoms. The van der Waals surface area contributed by atoms with Crippen LogP contribution in [0.5, 0.6) is 0 Å². The van der Waals surface area contributed by atoms with E-state index in [0.29, 0.717) is 18.6 Å². The summed E-state index contributed by atoms with van der Waals surface area (Å²) in [6, 6.07) is 1.34. The van der Waals surface area contributed by atoms with Gasteiger partial charge in [0.15, 0.2) is 0 Å². The fourth-order valence-electron chi connectivity index (χ4n) is 2.45. The van der Waals surface area contributed by atoms with Gasteiger partial charge in [0.1, 0.15) is 17.5 Å². The Hall–Kier alpha value is -0.700. The lowest BCUT2D eigenvalue weighted by molar-refractivity contribution is 0.294. The third kappa shape index (κ3) is 5.06. The Balaban J connectivity index is 2.81. The van der Waals surface area contributed by atoms with Gasteiger partial charge in [-0.1, -0.05) is 27.7 Å². The summed E-state index contributed by atoms with van der Waals surface area (Å²) in [7, 11) is 0. The molecule has 0 saturated heterocycles. The Morgan fingerprint density at radius 3 is 2.00 bits per heavy atom. The van der Waals surface area contributed by atoms with Crippen LogP contribution in [0.15, 0.2) is 12.1 Å². The number of halogens is 4. The molecular weight excluding hydrogens is 273 g/mol. The molecule has 1 rings (SSSR count). The van der Waals surface area contributed by atoms with Crippen LogP contribution in [0.2, 0.25) is 0 Å². The van der Waals surface area contributed by atoms with E-state index in [1.807, 2.05) is 6.92 Å². The molecule has 0 bridgehead atoms. The fourth-order valence-corrected chi connectivity index (χ4v) is 2.97. The zero-order valence-corrected chi connectivity index (χ0v) is 12.5. The molecule has 2 atom stereocenters. The van der Waals surface area contributed by atoms with Crippen LogP contribution in [0.25, 0.3) is 0 Å². The third-order valence-electron chi connectivity index (χ3n) is 2.93. The largest absolute Gasteiger partial charge is 0.207 e. The van der Waals surface area contributed by atoms with Gasteiger partial charge in [-0.15, -0.1) is 11.6 Å². The van der Waals surface area contributed by atoms with Crippen LogP contribution in [0, 0.1) is 28.8 Å². The lowest BCUT2D eigenvalue weighted by Crippen LogP contribution is -2.13. The summed E-state index contributed by atoms with van der Waals surface area (Å²) >= 11 is 6.09. The summed E-state index contributed by atoms with van der Waals surface area (Å²) in [6.07, 6.45) is 1.36. The highest BCUT2D eigenvalue weighted by atomic mass is 35.5. The van der Waals surface area contributed by atoms with E-state index in [9.17, 15) is 13.2 Å². The van der Waals surface area contributed by atoms with E-state index in [2.05, 4.69) is 20.8 Å². The quantitative estimate of drug-likeness (QED) is 0.611. The summed E-state index contributed by atoms with van der Waals surface area (Å²) in [6.45, 7) is 8.31. The topological polar surface area (TPSA) is 0 Å². The first-order valence-electron chi connectivity index (χ1n) is 6.38. The minimum atomic E-state index is -0.926. The van der Waals surface area contributed by atoms with E-state index in [0.717, 1.165) is 6.42 Å². The van der Waals surface area contributed by atoms with Gasteiger partial charge < -0.3 is 0 Å². The highest BCUT2D eigenvalue weighted by Gasteiger charge is 2.23. The van der Waals surface area contributed by atoms with Gasteiger partial charge in [0.05, 0.1) is 5.38 Å². The SMILES string of the molecule is CC(CC(Cl)c1c(F)cc(F)cc1F)CC(C)(C)C. The maximum Gasteiger partial charge on any atom is 0.133 e. The van der Waals surface area contributed by atoms with Gasteiger partial charge in [-0.2, -0.15) is 0 Å². The summed E-state index contributed by atoms with van der Waals surface area (Å²) in [5, 5.41) is -0.780. The highest BCUT2D eigenvalue weighted by molar-refractivity contribution is 6.20. The second-order valence-electron chi connectivity index (χ2n) is 6.36. The molecule has 19 heavy (non-hydrogen) atoms. The predicted molar refractivity (Wildman–Crippen MR) is 72.8 cm³/mol. The van der Waals surface area contributed by atoms with E-state index in [-0.39, 0.29) is 16.9 Å². The Bertz CT molecular complexity index is 415. The maximum absolute atomic E-state index is 13.6. The van der Waals surface area contributed by atoms with Gasteiger partial charge in [-0.25, -0.2) is 13.2 Å². The number of rotatable bonds is 4. The van der Waals surface area contributed by atoms with Crippen molar-refractivity contribution >= 4 is 11.6 Å². The molecule has 0 fully saturated rings. The molecule has 0 aliphatic rings. The Kier molecular flexibility index (Phi) is 5.31. The van der Waals surface area contributed by atoms with Crippen molar-refractivity contribution in [2.45, 2.75) is 45.9 Å². The molecule has 0 saturated carbocycles. The minimum absolute atomic E-state index is 0.135. The highest BCUT2D eigenvalue weighted by Crippen LogP contribution is 2.36. The lowest BCUT2D eigenvalue weighted by atomic mass is 9.83. The first kappa shape index (κ1) is 16.4. The van der Waals surface area contributed by atoms with E-state index in [1.165, 1.54) is 0 Å². The van der Waals surface area contributed by atoms with Crippen molar-refractivity contribution in [3.05, 3.63) is 35.1 Å². The first-order valence-corrected chi connectivity index (χ1v) is 6.82. The van der Waals surface area contributed by atoms with Crippen molar-refractivity contribution in [2.75, 3.05) is 0 Å². The smallest absolute Gasteiger partial charge is 0.133 e. The van der Waals surface area contributed by atoms with Gasteiger partial charge >= 0.3 is 0 Å². The van der Waals surface area contributed by atoms with Crippen molar-refractivity contribution < 1.29 is 13.2 Å². The molecule has 0 nitrogen and oxygen atoms in total. The molecule has 2 unspecified atom stereocenters. The summed E-state index contributed by atoms with van der Waals surface area (Å²) < 4.78 is 40.0. The molecule has 1 aromatic rings. The van der Waals surface area contributed by atoms with Crippen LogP contribution < -0.4 is 0 Å². The number of hydrogen-bond donors (Lipinski definition) is 0. The number of alkyl halides is 1. The van der Waals surface area contributed by atoms with Crippen molar-refractivity contribution in [3.8, 4) is 0 Å². The van der Waals surface area contributed by atoms with E-state index in [1.54, 1.807) is 0 Å². The molecule has 0 amide bonds. The van der Waals surface area contributed by atoms with E-state index < -0.39 is 22.8 Å². The Morgan fingerprint density at radius 2 is 1.58 bits per heavy atom. The molecular formula is C15H20ClF3. The van der Waals surface area contributed by atoms with Crippen molar-refractivity contribution in [1.82, 2.24) is 0 Å². The zero-order chi connectivity index (χ0) is 14.8. The van der Waals surface area contributed by atoms with Gasteiger partial charge in [0, 0.05) is 17.7 Å². The van der Waals surface area contributed by atoms with Crippen LogP contribution in [-0.4, -0.2) is 0 Å². The molecule has 108 valence electrons. The molecule has 0 aromatic heterocycles. The van der Waals surface area contributed by atoms with Gasteiger partial charge in [0.25, 0.3) is 0 Å². The molecule has 1 aromatic carbocycles. The number of hydrogen-bond acceptors (Lipinski definition) is 0. The van der Waals surface area contributed by atoms with Crippen LogP contribution >= 0.6 is 11.6 Å². The molecule has 0 N–H and O–H groups in total. The van der Waals surface area contributed by atoms with Crippen molar-refractivity contribution in [2.24, 2.45) is 11.3 Å². The standard InChI is InChI=1S/C15H20ClF3/c1-9(8-15(2,3)4)5-11(16)14-12(18)6-10(17)7-13(14)19/h6-7,9,11H,5,8H2,1-4H3. The average Bonchev–Trinajstić information content (AvgIpc) is 2.10. The minimum Gasteiger partial charge on any atom is -0.207 e. The second kappa shape index (κ2) is 6.17. The summed E-state index contributed by atoms with van der Waals surface area (Å²) in [4.78, 5) is 0. The normalized spacial score (nSPS) is 15.4. The van der Waals surface area contributed by atoms with Crippen molar-refractivity contribution in [1.29, 1.82) is 0 Å². The van der Waals surface area contributed by atoms with E-state index >= 15 is 0 Å². The fraction of sp³-hybridized carbons (Fsp3) is 0.600. The molecule has 0 radical (unpaired) electrons. The Labute approximate surface area is 118 Å². The van der Waals surface area contributed by atoms with Gasteiger partial charge in [-0.05, 0) is 24.2 Å². The average molecular weight is 293 g/mol. The summed E-state index contributed by atoms with van der Waals surface area (Å²) in [5.41, 5.74) is -0.0977. The van der Waals surface area contributed by atoms with Crippen molar-refractivity contribution in [3.63, 3.8) is 0 Å². The third-order valence-corrected chi connectivity index (χ3v) is 3.32. The zero-order valence-electron chi connectivity index (χ0n) is 11.7. The first-order chi connectivity index (χ1) is 8.60. The monoisotopic (exact) mass is 292 g/mol. The molecule has 0 aliphatic carbocycles. The predicted octanol–water partition coefficient (Wildman–Crippen LogP) is 5.85. The van der Waals surface area contributed by atoms with Gasteiger partial charge in [0.2, 0.25) is 0 Å². The van der Waals surface area contributed by atoms with Crippen LogP contribution in [0.4, 0.5) is 13.2 Å². The van der Waals surface area contributed by atoms with Crippen LogP contribution in [0.1, 0.15) is 51.5 Å². The second-order valence-corrected chi connectivity index (χ2v) is 6.88. The molecule has 0 heterocycles.